The highest BCUT2D eigenvalue weighted by atomic mass is 16.5. The summed E-state index contributed by atoms with van der Waals surface area (Å²) >= 11 is 0. The molecule has 0 unspecified atom stereocenters. The van der Waals surface area contributed by atoms with Crippen LogP contribution >= 0.6 is 0 Å². The first-order valence-corrected chi connectivity index (χ1v) is 4.02. The minimum Gasteiger partial charge on any atom is -0.508 e. The van der Waals surface area contributed by atoms with E-state index in [0.717, 1.165) is 0 Å². The molecule has 0 rings (SSSR count). The average Bonchev–Trinajstić information content (AvgIpc) is 2.05. The van der Waals surface area contributed by atoms with Crippen molar-refractivity contribution in [2.45, 2.75) is 19.8 Å². The molecule has 0 fully saturated rings. The summed E-state index contributed by atoms with van der Waals surface area (Å²) in [6.45, 7) is 5.29. The monoisotopic (exact) mass is 186 g/mol. The molecule has 0 aliphatic heterocycles. The molecule has 0 spiro atoms. The lowest BCUT2D eigenvalue weighted by Gasteiger charge is -2.06. The first-order valence-electron chi connectivity index (χ1n) is 4.02. The van der Waals surface area contributed by atoms with Crippen LogP contribution in [0.15, 0.2) is 24.2 Å². The SMILES string of the molecule is C=CCO/C(C(=O)O)=C(/O)CCC. The topological polar surface area (TPSA) is 66.8 Å². The molecule has 0 aliphatic carbocycles. The number of hydrogen-bond donors (Lipinski definition) is 2. The van der Waals surface area contributed by atoms with Crippen molar-refractivity contribution in [2.75, 3.05) is 6.61 Å². The molecule has 13 heavy (non-hydrogen) atoms. The second-order valence-corrected chi connectivity index (χ2v) is 2.43. The van der Waals surface area contributed by atoms with Crippen LogP contribution in [-0.4, -0.2) is 22.8 Å². The Morgan fingerprint density at radius 1 is 1.54 bits per heavy atom. The van der Waals surface area contributed by atoms with Gasteiger partial charge in [0.2, 0.25) is 5.76 Å². The second-order valence-electron chi connectivity index (χ2n) is 2.43. The van der Waals surface area contributed by atoms with Crippen LogP contribution in [0.3, 0.4) is 0 Å². The standard InChI is InChI=1S/C9H14O4/c1-3-5-7(10)8(9(11)12)13-6-4-2/h4,10H,2-3,5-6H2,1H3,(H,11,12)/b8-7+. The summed E-state index contributed by atoms with van der Waals surface area (Å²) in [5.41, 5.74) is 0. The van der Waals surface area contributed by atoms with Crippen LogP contribution in [0, 0.1) is 0 Å². The van der Waals surface area contributed by atoms with Gasteiger partial charge in [-0.1, -0.05) is 19.6 Å². The van der Waals surface area contributed by atoms with Gasteiger partial charge in [0.1, 0.15) is 12.4 Å². The zero-order valence-corrected chi connectivity index (χ0v) is 7.62. The number of carboxylic acid groups (broad SMARTS) is 1. The van der Waals surface area contributed by atoms with Crippen LogP contribution in [0.4, 0.5) is 0 Å². The molecule has 0 atom stereocenters. The van der Waals surface area contributed by atoms with E-state index in [-0.39, 0.29) is 18.1 Å². The lowest BCUT2D eigenvalue weighted by atomic mass is 10.2. The molecule has 0 aromatic carbocycles. The third-order valence-corrected chi connectivity index (χ3v) is 1.29. The molecule has 4 heteroatoms. The van der Waals surface area contributed by atoms with Crippen LogP contribution in [0.5, 0.6) is 0 Å². The van der Waals surface area contributed by atoms with E-state index in [1.54, 1.807) is 0 Å². The quantitative estimate of drug-likeness (QED) is 0.377. The lowest BCUT2D eigenvalue weighted by molar-refractivity contribution is -0.136. The van der Waals surface area contributed by atoms with Gasteiger partial charge in [-0.15, -0.1) is 0 Å². The summed E-state index contributed by atoms with van der Waals surface area (Å²) in [5, 5.41) is 17.9. The van der Waals surface area contributed by atoms with Gasteiger partial charge in [-0.05, 0) is 6.42 Å². The Hall–Kier alpha value is -1.45. The molecule has 74 valence electrons. The average molecular weight is 186 g/mol. The first-order chi connectivity index (χ1) is 6.13. The van der Waals surface area contributed by atoms with E-state index in [2.05, 4.69) is 6.58 Å². The number of rotatable bonds is 6. The number of hydrogen-bond acceptors (Lipinski definition) is 3. The minimum absolute atomic E-state index is 0.0788. The summed E-state index contributed by atoms with van der Waals surface area (Å²) < 4.78 is 4.78. The van der Waals surface area contributed by atoms with E-state index < -0.39 is 5.97 Å². The molecule has 4 nitrogen and oxygen atoms in total. The maximum absolute atomic E-state index is 10.5. The van der Waals surface area contributed by atoms with E-state index >= 15 is 0 Å². The van der Waals surface area contributed by atoms with Crippen molar-refractivity contribution in [3.05, 3.63) is 24.2 Å². The van der Waals surface area contributed by atoms with Gasteiger partial charge >= 0.3 is 5.97 Å². The smallest absolute Gasteiger partial charge is 0.374 e. The van der Waals surface area contributed by atoms with Crippen molar-refractivity contribution in [2.24, 2.45) is 0 Å². The molecule has 0 heterocycles. The zero-order chi connectivity index (χ0) is 10.3. The molecule has 0 aromatic heterocycles. The molecule has 0 amide bonds. The summed E-state index contributed by atoms with van der Waals surface area (Å²) in [5.74, 6) is -1.87. The fourth-order valence-electron chi connectivity index (χ4n) is 0.761. The Kier molecular flexibility index (Phi) is 5.43. The fraction of sp³-hybridized carbons (Fsp3) is 0.444. The highest BCUT2D eigenvalue weighted by Crippen LogP contribution is 2.09. The van der Waals surface area contributed by atoms with Crippen molar-refractivity contribution in [3.8, 4) is 0 Å². The number of carbonyl (C=O) groups is 1. The molecule has 0 radical (unpaired) electrons. The molecule has 0 saturated heterocycles. The van der Waals surface area contributed by atoms with Gasteiger partial charge < -0.3 is 14.9 Å². The van der Waals surface area contributed by atoms with Gasteiger partial charge in [0.05, 0.1) is 0 Å². The number of aliphatic hydroxyl groups is 1. The number of allylic oxidation sites excluding steroid dienone is 1. The maximum Gasteiger partial charge on any atom is 0.374 e. The van der Waals surface area contributed by atoms with E-state index in [9.17, 15) is 9.90 Å². The highest BCUT2D eigenvalue weighted by molar-refractivity contribution is 5.84. The van der Waals surface area contributed by atoms with Crippen LogP contribution in [0.2, 0.25) is 0 Å². The van der Waals surface area contributed by atoms with Crippen molar-refractivity contribution in [1.29, 1.82) is 0 Å². The molecule has 0 saturated carbocycles. The molecule has 0 aliphatic rings. The number of ether oxygens (including phenoxy) is 1. The van der Waals surface area contributed by atoms with Gasteiger partial charge in [0.15, 0.2) is 0 Å². The number of aliphatic hydroxyl groups excluding tert-OH is 1. The minimum atomic E-state index is -1.26. The summed E-state index contributed by atoms with van der Waals surface area (Å²) in [4.78, 5) is 10.5. The van der Waals surface area contributed by atoms with Gasteiger partial charge in [0, 0.05) is 6.42 Å². The third-order valence-electron chi connectivity index (χ3n) is 1.29. The zero-order valence-electron chi connectivity index (χ0n) is 7.62. The predicted octanol–water partition coefficient (Wildman–Crippen LogP) is 1.84. The van der Waals surface area contributed by atoms with Gasteiger partial charge in [-0.25, -0.2) is 4.79 Å². The van der Waals surface area contributed by atoms with Crippen molar-refractivity contribution in [3.63, 3.8) is 0 Å². The van der Waals surface area contributed by atoms with Crippen molar-refractivity contribution >= 4 is 5.97 Å². The van der Waals surface area contributed by atoms with Crippen LogP contribution in [0.1, 0.15) is 19.8 Å². The fourth-order valence-corrected chi connectivity index (χ4v) is 0.761. The molecule has 2 N–H and O–H groups in total. The number of aliphatic carboxylic acids is 1. The highest BCUT2D eigenvalue weighted by Gasteiger charge is 2.14. The van der Waals surface area contributed by atoms with Gasteiger partial charge in [0.25, 0.3) is 0 Å². The lowest BCUT2D eigenvalue weighted by Crippen LogP contribution is -2.08. The first kappa shape index (κ1) is 11.6. The van der Waals surface area contributed by atoms with E-state index in [0.29, 0.717) is 12.8 Å². The Morgan fingerprint density at radius 3 is 2.54 bits per heavy atom. The molecule has 0 aromatic rings. The van der Waals surface area contributed by atoms with Crippen LogP contribution in [-0.2, 0) is 9.53 Å². The predicted molar refractivity (Wildman–Crippen MR) is 48.3 cm³/mol. The van der Waals surface area contributed by atoms with E-state index in [1.807, 2.05) is 6.92 Å². The van der Waals surface area contributed by atoms with Crippen LogP contribution < -0.4 is 0 Å². The van der Waals surface area contributed by atoms with E-state index in [4.69, 9.17) is 9.84 Å². The maximum atomic E-state index is 10.5. The Balaban J connectivity index is 4.46. The largest absolute Gasteiger partial charge is 0.508 e. The van der Waals surface area contributed by atoms with Crippen LogP contribution in [0.25, 0.3) is 0 Å². The van der Waals surface area contributed by atoms with Gasteiger partial charge in [-0.2, -0.15) is 0 Å². The normalized spacial score (nSPS) is 11.8. The van der Waals surface area contributed by atoms with Crippen molar-refractivity contribution < 1.29 is 19.7 Å². The van der Waals surface area contributed by atoms with Gasteiger partial charge in [-0.3, -0.25) is 0 Å². The molecule has 0 bridgehead atoms. The third kappa shape index (κ3) is 4.20. The van der Waals surface area contributed by atoms with Crippen molar-refractivity contribution in [1.82, 2.24) is 0 Å². The Labute approximate surface area is 77.1 Å². The summed E-state index contributed by atoms with van der Waals surface area (Å²) in [6, 6.07) is 0. The second kappa shape index (κ2) is 6.11. The molecular formula is C9H14O4. The Bertz CT molecular complexity index is 218. The Morgan fingerprint density at radius 2 is 2.15 bits per heavy atom. The summed E-state index contributed by atoms with van der Waals surface area (Å²) in [7, 11) is 0. The van der Waals surface area contributed by atoms with E-state index in [1.165, 1.54) is 6.08 Å². The number of carboxylic acids is 1. The molecular weight excluding hydrogens is 172 g/mol. The summed E-state index contributed by atoms with van der Waals surface area (Å²) in [6.07, 6.45) is 2.39.